The first kappa shape index (κ1) is 21.5. The summed E-state index contributed by atoms with van der Waals surface area (Å²) >= 11 is 0. The number of aliphatic hydroxyl groups excluding tert-OH is 2. The number of nitrogens with zero attached hydrogens (tertiary/aromatic N) is 1. The molecule has 2 aliphatic heterocycles. The van der Waals surface area contributed by atoms with Crippen LogP contribution in [0.5, 0.6) is 5.75 Å². The smallest absolute Gasteiger partial charge is 0.290 e. The molecule has 4 rings (SSSR count). The average molecular weight is 403 g/mol. The lowest BCUT2D eigenvalue weighted by molar-refractivity contribution is -0.188. The molecule has 2 atom stereocenters. The Morgan fingerprint density at radius 1 is 1.14 bits per heavy atom. The van der Waals surface area contributed by atoms with Gasteiger partial charge in [-0.25, -0.2) is 0 Å². The van der Waals surface area contributed by atoms with Gasteiger partial charge in [-0.3, -0.25) is 9.69 Å². The predicted octanol–water partition coefficient (Wildman–Crippen LogP) is 2.03. The van der Waals surface area contributed by atoms with Crippen molar-refractivity contribution in [2.24, 2.45) is 0 Å². The summed E-state index contributed by atoms with van der Waals surface area (Å²) in [6.45, 7) is 2.81. The molecule has 0 aromatic heterocycles. The number of piperidine rings is 1. The summed E-state index contributed by atoms with van der Waals surface area (Å²) in [7, 11) is 1.69. The summed E-state index contributed by atoms with van der Waals surface area (Å²) in [5.41, 5.74) is 1.05. The number of fused-ring (bicyclic) bond motifs is 1. The number of ether oxygens (including phenoxy) is 2. The molecule has 0 amide bonds. The first-order valence-electron chi connectivity index (χ1n) is 9.85. The first-order valence-corrected chi connectivity index (χ1v) is 9.85. The van der Waals surface area contributed by atoms with E-state index >= 15 is 0 Å². The molecule has 2 aromatic carbocycles. The molecule has 1 spiro atoms. The van der Waals surface area contributed by atoms with Gasteiger partial charge >= 0.3 is 0 Å². The summed E-state index contributed by atoms with van der Waals surface area (Å²) < 4.78 is 11.2. The van der Waals surface area contributed by atoms with E-state index in [0.717, 1.165) is 38.2 Å². The van der Waals surface area contributed by atoms with Gasteiger partial charge in [-0.15, -0.1) is 0 Å². The highest BCUT2D eigenvalue weighted by Crippen LogP contribution is 2.35. The highest BCUT2D eigenvalue weighted by atomic mass is 16.5. The minimum Gasteiger partial charge on any atom is -0.497 e. The molecule has 2 saturated heterocycles. The summed E-state index contributed by atoms with van der Waals surface area (Å²) in [5.74, 6) is 0.881. The van der Waals surface area contributed by atoms with Crippen molar-refractivity contribution in [1.29, 1.82) is 0 Å². The van der Waals surface area contributed by atoms with E-state index in [1.54, 1.807) is 7.11 Å². The molecule has 0 saturated carbocycles. The number of aliphatic hydroxyl groups is 2. The first-order chi connectivity index (χ1) is 14.0. The van der Waals surface area contributed by atoms with E-state index in [9.17, 15) is 10.2 Å². The second kappa shape index (κ2) is 9.54. The number of carbonyl (C=O) groups is 1. The van der Waals surface area contributed by atoms with Crippen LogP contribution in [-0.2, 0) is 16.1 Å². The number of benzene rings is 2. The van der Waals surface area contributed by atoms with Gasteiger partial charge in [0.1, 0.15) is 11.9 Å². The lowest BCUT2D eigenvalue weighted by Gasteiger charge is -2.46. The van der Waals surface area contributed by atoms with E-state index in [2.05, 4.69) is 35.2 Å². The Bertz CT molecular complexity index is 818. The van der Waals surface area contributed by atoms with Gasteiger partial charge in [-0.1, -0.05) is 18.2 Å². The fourth-order valence-corrected chi connectivity index (χ4v) is 4.17. The zero-order chi connectivity index (χ0) is 20.9. The molecule has 0 radical (unpaired) electrons. The molecule has 7 nitrogen and oxygen atoms in total. The Hall–Kier alpha value is -2.19. The molecule has 158 valence electrons. The molecule has 0 aliphatic carbocycles. The maximum absolute atomic E-state index is 9.98. The zero-order valence-corrected chi connectivity index (χ0v) is 16.7. The SMILES string of the molecule is COc1ccc2cc(CN3CCC4(CC3)C[C@@H](O)[C@@H](O)CO4)ccc2c1.O=CO. The molecule has 0 bridgehead atoms. The minimum atomic E-state index is -0.741. The molecule has 7 heteroatoms. The fourth-order valence-electron chi connectivity index (χ4n) is 4.17. The second-order valence-corrected chi connectivity index (χ2v) is 7.76. The molecule has 29 heavy (non-hydrogen) atoms. The number of rotatable bonds is 3. The molecular formula is C22H29NO6. The number of methoxy groups -OCH3 is 1. The van der Waals surface area contributed by atoms with Crippen LogP contribution in [0.25, 0.3) is 10.8 Å². The lowest BCUT2D eigenvalue weighted by Crippen LogP contribution is -2.54. The minimum absolute atomic E-state index is 0.245. The van der Waals surface area contributed by atoms with Crippen LogP contribution in [0.4, 0.5) is 0 Å². The van der Waals surface area contributed by atoms with Crippen LogP contribution in [-0.4, -0.2) is 71.3 Å². The Kier molecular flexibility index (Phi) is 7.08. The molecule has 0 unspecified atom stereocenters. The maximum Gasteiger partial charge on any atom is 0.290 e. The third-order valence-corrected chi connectivity index (χ3v) is 5.87. The van der Waals surface area contributed by atoms with Gasteiger partial charge in [0.25, 0.3) is 6.47 Å². The van der Waals surface area contributed by atoms with Crippen molar-refractivity contribution in [3.63, 3.8) is 0 Å². The lowest BCUT2D eigenvalue weighted by atomic mass is 9.82. The van der Waals surface area contributed by atoms with E-state index in [1.807, 2.05) is 6.07 Å². The van der Waals surface area contributed by atoms with Crippen LogP contribution in [0.3, 0.4) is 0 Å². The Morgan fingerprint density at radius 3 is 2.45 bits per heavy atom. The van der Waals surface area contributed by atoms with Crippen molar-refractivity contribution in [2.45, 2.75) is 43.6 Å². The molecule has 2 fully saturated rings. The van der Waals surface area contributed by atoms with Gasteiger partial charge in [0.05, 0.1) is 25.4 Å². The second-order valence-electron chi connectivity index (χ2n) is 7.76. The number of hydrogen-bond acceptors (Lipinski definition) is 6. The predicted molar refractivity (Wildman–Crippen MR) is 109 cm³/mol. The number of likely N-dealkylation sites (tertiary alicyclic amines) is 1. The van der Waals surface area contributed by atoms with Crippen molar-refractivity contribution in [3.8, 4) is 5.75 Å². The van der Waals surface area contributed by atoms with E-state index in [4.69, 9.17) is 19.4 Å². The van der Waals surface area contributed by atoms with Gasteiger partial charge < -0.3 is 24.8 Å². The Morgan fingerprint density at radius 2 is 1.79 bits per heavy atom. The molecule has 2 aliphatic rings. The highest BCUT2D eigenvalue weighted by molar-refractivity contribution is 5.84. The van der Waals surface area contributed by atoms with Crippen molar-refractivity contribution in [3.05, 3.63) is 42.0 Å². The van der Waals surface area contributed by atoms with E-state index in [-0.39, 0.29) is 18.7 Å². The maximum atomic E-state index is 9.98. The van der Waals surface area contributed by atoms with E-state index < -0.39 is 12.2 Å². The summed E-state index contributed by atoms with van der Waals surface area (Å²) in [6.07, 6.45) is 0.950. The fraction of sp³-hybridized carbons (Fsp3) is 0.500. The van der Waals surface area contributed by atoms with Gasteiger partial charge in [-0.2, -0.15) is 0 Å². The normalized spacial score (nSPS) is 24.0. The highest BCUT2D eigenvalue weighted by Gasteiger charge is 2.42. The molecule has 2 heterocycles. The van der Waals surface area contributed by atoms with Crippen LogP contribution in [0.1, 0.15) is 24.8 Å². The average Bonchev–Trinajstić information content (AvgIpc) is 2.73. The molecule has 2 aromatic rings. The van der Waals surface area contributed by atoms with Gasteiger partial charge in [0, 0.05) is 26.1 Å². The summed E-state index contributed by atoms with van der Waals surface area (Å²) in [5, 5.41) is 29.0. The van der Waals surface area contributed by atoms with Crippen LogP contribution >= 0.6 is 0 Å². The zero-order valence-electron chi connectivity index (χ0n) is 16.7. The topological polar surface area (TPSA) is 99.5 Å². The van der Waals surface area contributed by atoms with Crippen molar-refractivity contribution >= 4 is 17.2 Å². The summed E-state index contributed by atoms with van der Waals surface area (Å²) in [4.78, 5) is 10.8. The quantitative estimate of drug-likeness (QED) is 0.675. The third-order valence-electron chi connectivity index (χ3n) is 5.87. The van der Waals surface area contributed by atoms with Gasteiger partial charge in [0.2, 0.25) is 0 Å². The number of hydrogen-bond donors (Lipinski definition) is 3. The largest absolute Gasteiger partial charge is 0.497 e. The van der Waals surface area contributed by atoms with Crippen LogP contribution < -0.4 is 4.74 Å². The summed E-state index contributed by atoms with van der Waals surface area (Å²) in [6, 6.07) is 12.7. The van der Waals surface area contributed by atoms with Crippen molar-refractivity contribution in [2.75, 3.05) is 26.8 Å². The van der Waals surface area contributed by atoms with Gasteiger partial charge in [0.15, 0.2) is 0 Å². The standard InChI is InChI=1S/C21H27NO4.CH2O2/c1-25-18-5-4-16-10-15(2-3-17(16)11-18)13-22-8-6-21(7-9-22)12-19(23)20(24)14-26-21;2-1-3/h2-5,10-11,19-20,23-24H,6-9,12-14H2,1H3;1H,(H,2,3)/t19-,20+;/m1./s1. The Labute approximate surface area is 170 Å². The van der Waals surface area contributed by atoms with Crippen LogP contribution in [0.15, 0.2) is 36.4 Å². The van der Waals surface area contributed by atoms with E-state index in [1.165, 1.54) is 16.3 Å². The van der Waals surface area contributed by atoms with Crippen molar-refractivity contribution in [1.82, 2.24) is 4.90 Å². The van der Waals surface area contributed by atoms with Crippen molar-refractivity contribution < 1.29 is 29.6 Å². The molecular weight excluding hydrogens is 374 g/mol. The van der Waals surface area contributed by atoms with Crippen LogP contribution in [0, 0.1) is 0 Å². The monoisotopic (exact) mass is 403 g/mol. The number of carboxylic acid groups (broad SMARTS) is 1. The van der Waals surface area contributed by atoms with Crippen LogP contribution in [0.2, 0.25) is 0 Å². The molecule has 3 N–H and O–H groups in total. The Balaban J connectivity index is 0.000000755. The van der Waals surface area contributed by atoms with E-state index in [0.29, 0.717) is 6.42 Å². The van der Waals surface area contributed by atoms with Gasteiger partial charge in [-0.05, 0) is 47.4 Å². The third kappa shape index (κ3) is 5.25.